The molecule has 1 N–H and O–H groups in total. The van der Waals surface area contributed by atoms with Crippen LogP contribution in [0.3, 0.4) is 0 Å². The van der Waals surface area contributed by atoms with E-state index in [0.29, 0.717) is 11.6 Å². The molecule has 1 rings (SSSR count). The molecule has 15 heavy (non-hydrogen) atoms. The van der Waals surface area contributed by atoms with Crippen LogP contribution in [-0.4, -0.2) is 24.2 Å². The average molecular weight is 228 g/mol. The lowest BCUT2D eigenvalue weighted by Gasteiger charge is -2.22. The molecule has 0 aromatic heterocycles. The molecule has 0 aliphatic carbocycles. The number of halogens is 1. The van der Waals surface area contributed by atoms with E-state index in [-0.39, 0.29) is 6.42 Å². The summed E-state index contributed by atoms with van der Waals surface area (Å²) < 4.78 is 0. The Morgan fingerprint density at radius 2 is 2.27 bits per heavy atom. The molecule has 1 aromatic rings. The van der Waals surface area contributed by atoms with Crippen LogP contribution in [0.5, 0.6) is 0 Å². The molecule has 0 aliphatic rings. The fourth-order valence-electron chi connectivity index (χ4n) is 1.37. The predicted octanol–water partition coefficient (Wildman–Crippen LogP) is 2.64. The molecule has 0 radical (unpaired) electrons. The molecule has 1 aromatic carbocycles. The average Bonchev–Trinajstić information content (AvgIpc) is 2.18. The normalized spacial score (nSPS) is 10.0. The highest BCUT2D eigenvalue weighted by Crippen LogP contribution is 2.19. The molecular formula is C11H14ClNO2. The van der Waals surface area contributed by atoms with Crippen LogP contribution in [0.25, 0.3) is 0 Å². The first kappa shape index (κ1) is 11.9. The summed E-state index contributed by atoms with van der Waals surface area (Å²) in [6.07, 6.45) is 0.139. The Morgan fingerprint density at radius 1 is 1.53 bits per heavy atom. The summed E-state index contributed by atoms with van der Waals surface area (Å²) in [7, 11) is 0. The van der Waals surface area contributed by atoms with Gasteiger partial charge in [-0.1, -0.05) is 17.7 Å². The van der Waals surface area contributed by atoms with Crippen molar-refractivity contribution in [2.75, 3.05) is 18.0 Å². The highest BCUT2D eigenvalue weighted by molar-refractivity contribution is 6.30. The van der Waals surface area contributed by atoms with Crippen LogP contribution < -0.4 is 4.90 Å². The maximum absolute atomic E-state index is 10.5. The van der Waals surface area contributed by atoms with Gasteiger partial charge in [-0.25, -0.2) is 0 Å². The van der Waals surface area contributed by atoms with Crippen LogP contribution in [0.15, 0.2) is 24.3 Å². The van der Waals surface area contributed by atoms with E-state index in [1.807, 2.05) is 30.0 Å². The van der Waals surface area contributed by atoms with Crippen LogP contribution in [0.4, 0.5) is 5.69 Å². The Morgan fingerprint density at radius 3 is 2.80 bits per heavy atom. The highest BCUT2D eigenvalue weighted by Gasteiger charge is 2.06. The van der Waals surface area contributed by atoms with Gasteiger partial charge in [-0.05, 0) is 25.1 Å². The van der Waals surface area contributed by atoms with Gasteiger partial charge >= 0.3 is 5.97 Å². The van der Waals surface area contributed by atoms with Crippen molar-refractivity contribution < 1.29 is 9.90 Å². The number of anilines is 1. The van der Waals surface area contributed by atoms with Gasteiger partial charge in [-0.3, -0.25) is 4.79 Å². The van der Waals surface area contributed by atoms with Crippen molar-refractivity contribution in [2.24, 2.45) is 0 Å². The summed E-state index contributed by atoms with van der Waals surface area (Å²) >= 11 is 5.87. The smallest absolute Gasteiger partial charge is 0.305 e. The number of carboxylic acids is 1. The van der Waals surface area contributed by atoms with Crippen LogP contribution in [0.1, 0.15) is 13.3 Å². The van der Waals surface area contributed by atoms with Crippen molar-refractivity contribution in [1.82, 2.24) is 0 Å². The molecular weight excluding hydrogens is 214 g/mol. The molecule has 4 heteroatoms. The molecule has 0 unspecified atom stereocenters. The van der Waals surface area contributed by atoms with Crippen molar-refractivity contribution in [1.29, 1.82) is 0 Å². The molecule has 0 fully saturated rings. The minimum absolute atomic E-state index is 0.139. The summed E-state index contributed by atoms with van der Waals surface area (Å²) in [5, 5.41) is 9.27. The fourth-order valence-corrected chi connectivity index (χ4v) is 1.56. The van der Waals surface area contributed by atoms with E-state index in [0.717, 1.165) is 12.2 Å². The Kier molecular flexibility index (Phi) is 4.43. The first-order valence-corrected chi connectivity index (χ1v) is 5.23. The number of rotatable bonds is 5. The van der Waals surface area contributed by atoms with E-state index in [4.69, 9.17) is 16.7 Å². The first-order chi connectivity index (χ1) is 7.13. The number of carbonyl (C=O) groups is 1. The van der Waals surface area contributed by atoms with Crippen LogP contribution in [0.2, 0.25) is 5.02 Å². The van der Waals surface area contributed by atoms with E-state index >= 15 is 0 Å². The molecule has 0 atom stereocenters. The van der Waals surface area contributed by atoms with Gasteiger partial charge in [-0.2, -0.15) is 0 Å². The van der Waals surface area contributed by atoms with Crippen molar-refractivity contribution in [3.8, 4) is 0 Å². The Balaban J connectivity index is 2.69. The van der Waals surface area contributed by atoms with E-state index in [2.05, 4.69) is 0 Å². The van der Waals surface area contributed by atoms with Gasteiger partial charge in [0.05, 0.1) is 6.42 Å². The van der Waals surface area contributed by atoms with Gasteiger partial charge < -0.3 is 10.0 Å². The quantitative estimate of drug-likeness (QED) is 0.841. The molecule has 82 valence electrons. The maximum Gasteiger partial charge on any atom is 0.305 e. The SMILES string of the molecule is CCN(CCC(=O)O)c1cccc(Cl)c1. The van der Waals surface area contributed by atoms with Gasteiger partial charge in [0.15, 0.2) is 0 Å². The second-order valence-corrected chi connectivity index (χ2v) is 3.64. The number of hydrogen-bond donors (Lipinski definition) is 1. The molecule has 3 nitrogen and oxygen atoms in total. The van der Waals surface area contributed by atoms with Crippen LogP contribution in [0, 0.1) is 0 Å². The minimum Gasteiger partial charge on any atom is -0.481 e. The van der Waals surface area contributed by atoms with Crippen LogP contribution in [-0.2, 0) is 4.79 Å². The lowest BCUT2D eigenvalue weighted by atomic mass is 10.2. The Labute approximate surface area is 94.3 Å². The molecule has 0 saturated heterocycles. The van der Waals surface area contributed by atoms with Crippen molar-refractivity contribution in [3.05, 3.63) is 29.3 Å². The number of nitrogens with zero attached hydrogens (tertiary/aromatic N) is 1. The van der Waals surface area contributed by atoms with Gasteiger partial charge in [0.2, 0.25) is 0 Å². The lowest BCUT2D eigenvalue weighted by molar-refractivity contribution is -0.136. The molecule has 0 amide bonds. The zero-order chi connectivity index (χ0) is 11.3. The third-order valence-corrected chi connectivity index (χ3v) is 2.39. The number of benzene rings is 1. The highest BCUT2D eigenvalue weighted by atomic mass is 35.5. The van der Waals surface area contributed by atoms with Crippen molar-refractivity contribution in [3.63, 3.8) is 0 Å². The first-order valence-electron chi connectivity index (χ1n) is 4.85. The number of hydrogen-bond acceptors (Lipinski definition) is 2. The third-order valence-electron chi connectivity index (χ3n) is 2.15. The molecule has 0 heterocycles. The van der Waals surface area contributed by atoms with Gasteiger partial charge in [0.25, 0.3) is 0 Å². The largest absolute Gasteiger partial charge is 0.481 e. The summed E-state index contributed by atoms with van der Waals surface area (Å²) in [5.74, 6) is -0.782. The number of aliphatic carboxylic acids is 1. The fraction of sp³-hybridized carbons (Fsp3) is 0.364. The summed E-state index contributed by atoms with van der Waals surface area (Å²) in [5.41, 5.74) is 0.964. The van der Waals surface area contributed by atoms with E-state index in [1.165, 1.54) is 0 Å². The summed E-state index contributed by atoms with van der Waals surface area (Å²) in [6.45, 7) is 3.27. The summed E-state index contributed by atoms with van der Waals surface area (Å²) in [6, 6.07) is 7.43. The zero-order valence-corrected chi connectivity index (χ0v) is 9.37. The van der Waals surface area contributed by atoms with Crippen molar-refractivity contribution in [2.45, 2.75) is 13.3 Å². The van der Waals surface area contributed by atoms with E-state index in [1.54, 1.807) is 6.07 Å². The second kappa shape index (κ2) is 5.61. The topological polar surface area (TPSA) is 40.5 Å². The monoisotopic (exact) mass is 227 g/mol. The molecule has 0 spiro atoms. The minimum atomic E-state index is -0.782. The van der Waals surface area contributed by atoms with E-state index < -0.39 is 5.97 Å². The predicted molar refractivity (Wildman–Crippen MR) is 61.6 cm³/mol. The Hall–Kier alpha value is -1.22. The van der Waals surface area contributed by atoms with Gasteiger partial charge in [0.1, 0.15) is 0 Å². The molecule has 0 bridgehead atoms. The lowest BCUT2D eigenvalue weighted by Crippen LogP contribution is -2.25. The molecule has 0 aliphatic heterocycles. The van der Waals surface area contributed by atoms with Gasteiger partial charge in [0, 0.05) is 23.8 Å². The second-order valence-electron chi connectivity index (χ2n) is 3.20. The third kappa shape index (κ3) is 3.80. The van der Waals surface area contributed by atoms with Crippen LogP contribution >= 0.6 is 11.6 Å². The van der Waals surface area contributed by atoms with Gasteiger partial charge in [-0.15, -0.1) is 0 Å². The summed E-state index contributed by atoms with van der Waals surface area (Å²) in [4.78, 5) is 12.5. The maximum atomic E-state index is 10.5. The number of carboxylic acid groups (broad SMARTS) is 1. The standard InChI is InChI=1S/C11H14ClNO2/c1-2-13(7-6-11(14)15)10-5-3-4-9(12)8-10/h3-5,8H,2,6-7H2,1H3,(H,14,15). The Bertz CT molecular complexity index is 341. The zero-order valence-electron chi connectivity index (χ0n) is 8.61. The van der Waals surface area contributed by atoms with E-state index in [9.17, 15) is 4.79 Å². The molecule has 0 saturated carbocycles. The van der Waals surface area contributed by atoms with Crippen molar-refractivity contribution >= 4 is 23.3 Å².